The molecule has 0 aromatic carbocycles. The van der Waals surface area contributed by atoms with Crippen LogP contribution in [0.3, 0.4) is 0 Å². The third-order valence-electron chi connectivity index (χ3n) is 1.84. The fraction of sp³-hybridized carbons (Fsp3) is 0.800. The molecule has 0 bridgehead atoms. The lowest BCUT2D eigenvalue weighted by molar-refractivity contribution is -0.175. The molecular formula is C10H16F3NO3. The Kier molecular flexibility index (Phi) is 5.98. The highest BCUT2D eigenvalue weighted by atomic mass is 19.4. The molecule has 7 heteroatoms. The summed E-state index contributed by atoms with van der Waals surface area (Å²) in [7, 11) is 0. The molecule has 0 aromatic rings. The minimum atomic E-state index is -4.93. The second kappa shape index (κ2) is 6.46. The monoisotopic (exact) mass is 255 g/mol. The lowest BCUT2D eigenvalue weighted by atomic mass is 10.0. The molecule has 1 N–H and O–H groups in total. The molecule has 0 rings (SSSR count). The Bertz CT molecular complexity index is 276. The van der Waals surface area contributed by atoms with E-state index in [0.717, 1.165) is 6.92 Å². The van der Waals surface area contributed by atoms with Gasteiger partial charge in [-0.25, -0.2) is 0 Å². The zero-order valence-corrected chi connectivity index (χ0v) is 9.93. The van der Waals surface area contributed by atoms with Gasteiger partial charge in [0.25, 0.3) is 0 Å². The number of hydrogen-bond donors (Lipinski definition) is 1. The molecule has 0 fully saturated rings. The molecule has 0 unspecified atom stereocenters. The van der Waals surface area contributed by atoms with Crippen molar-refractivity contribution in [3.05, 3.63) is 0 Å². The number of nitrogens with one attached hydrogen (secondary N) is 1. The third kappa shape index (κ3) is 7.59. The highest BCUT2D eigenvalue weighted by Gasteiger charge is 2.39. The molecule has 1 amide bonds. The normalized spacial score (nSPS) is 13.4. The van der Waals surface area contributed by atoms with Crippen LogP contribution < -0.4 is 5.32 Å². The van der Waals surface area contributed by atoms with Crippen LogP contribution in [0.2, 0.25) is 0 Å². The van der Waals surface area contributed by atoms with Gasteiger partial charge in [0, 0.05) is 6.92 Å². The first-order chi connectivity index (χ1) is 7.62. The summed E-state index contributed by atoms with van der Waals surface area (Å²) in [6.07, 6.45) is -4.62. The summed E-state index contributed by atoms with van der Waals surface area (Å²) in [6, 6.07) is -0.826. The number of carbonyl (C=O) groups is 2. The van der Waals surface area contributed by atoms with Crippen molar-refractivity contribution < 1.29 is 27.5 Å². The first kappa shape index (κ1) is 15.7. The zero-order valence-electron chi connectivity index (χ0n) is 9.93. The van der Waals surface area contributed by atoms with Gasteiger partial charge in [-0.05, 0) is 12.3 Å². The van der Waals surface area contributed by atoms with Gasteiger partial charge < -0.3 is 10.1 Å². The SMILES string of the molecule is CC(=O)OC[C@H](CC(C)C)NC(=O)C(F)(F)F. The smallest absolute Gasteiger partial charge is 0.464 e. The minimum Gasteiger partial charge on any atom is -0.464 e. The summed E-state index contributed by atoms with van der Waals surface area (Å²) in [5.74, 6) is -2.54. The van der Waals surface area contributed by atoms with E-state index in [1.165, 1.54) is 0 Å². The zero-order chi connectivity index (χ0) is 13.6. The number of hydrogen-bond acceptors (Lipinski definition) is 3. The van der Waals surface area contributed by atoms with Crippen LogP contribution in [-0.2, 0) is 14.3 Å². The maximum absolute atomic E-state index is 12.0. The van der Waals surface area contributed by atoms with E-state index in [1.54, 1.807) is 19.2 Å². The first-order valence-electron chi connectivity index (χ1n) is 5.14. The van der Waals surface area contributed by atoms with Crippen LogP contribution in [0.1, 0.15) is 27.2 Å². The Hall–Kier alpha value is -1.27. The Morgan fingerprint density at radius 3 is 2.18 bits per heavy atom. The topological polar surface area (TPSA) is 55.4 Å². The number of rotatable bonds is 5. The van der Waals surface area contributed by atoms with E-state index in [1.807, 2.05) is 0 Å². The van der Waals surface area contributed by atoms with E-state index in [-0.39, 0.29) is 12.5 Å². The molecule has 0 saturated heterocycles. The molecule has 0 heterocycles. The largest absolute Gasteiger partial charge is 0.471 e. The van der Waals surface area contributed by atoms with Gasteiger partial charge in [0.1, 0.15) is 6.61 Å². The third-order valence-corrected chi connectivity index (χ3v) is 1.84. The Labute approximate surface area is 97.5 Å². The van der Waals surface area contributed by atoms with E-state index in [2.05, 4.69) is 4.74 Å². The van der Waals surface area contributed by atoms with Crippen LogP contribution in [0.4, 0.5) is 13.2 Å². The highest BCUT2D eigenvalue weighted by molar-refractivity contribution is 5.82. The maximum Gasteiger partial charge on any atom is 0.471 e. The van der Waals surface area contributed by atoms with E-state index in [4.69, 9.17) is 0 Å². The van der Waals surface area contributed by atoms with Crippen molar-refractivity contribution in [2.45, 2.75) is 39.4 Å². The molecule has 17 heavy (non-hydrogen) atoms. The summed E-state index contributed by atoms with van der Waals surface area (Å²) in [4.78, 5) is 21.3. The van der Waals surface area contributed by atoms with E-state index >= 15 is 0 Å². The lowest BCUT2D eigenvalue weighted by Gasteiger charge is -2.20. The van der Waals surface area contributed by atoms with Crippen LogP contribution in [0.5, 0.6) is 0 Å². The average Bonchev–Trinajstić information content (AvgIpc) is 2.11. The molecule has 0 spiro atoms. The molecular weight excluding hydrogens is 239 g/mol. The van der Waals surface area contributed by atoms with Gasteiger partial charge in [-0.1, -0.05) is 13.8 Å². The van der Waals surface area contributed by atoms with Crippen molar-refractivity contribution in [2.24, 2.45) is 5.92 Å². The van der Waals surface area contributed by atoms with Crippen molar-refractivity contribution >= 4 is 11.9 Å². The van der Waals surface area contributed by atoms with Crippen molar-refractivity contribution in [3.8, 4) is 0 Å². The lowest BCUT2D eigenvalue weighted by Crippen LogP contribution is -2.45. The molecule has 100 valence electrons. The van der Waals surface area contributed by atoms with Gasteiger partial charge in [0.05, 0.1) is 6.04 Å². The fourth-order valence-corrected chi connectivity index (χ4v) is 1.22. The Balaban J connectivity index is 4.38. The standard InChI is InChI=1S/C10H16F3NO3/c1-6(2)4-8(5-17-7(3)15)14-9(16)10(11,12)13/h6,8H,4-5H2,1-3H3,(H,14,16)/t8-/m0/s1. The van der Waals surface area contributed by atoms with Gasteiger partial charge >= 0.3 is 18.1 Å². The van der Waals surface area contributed by atoms with Crippen LogP contribution in [-0.4, -0.2) is 30.7 Å². The molecule has 0 aliphatic carbocycles. The molecule has 0 radical (unpaired) electrons. The van der Waals surface area contributed by atoms with Crippen LogP contribution in [0.25, 0.3) is 0 Å². The molecule has 0 saturated carbocycles. The summed E-state index contributed by atoms with van der Waals surface area (Å²) < 4.78 is 40.7. The summed E-state index contributed by atoms with van der Waals surface area (Å²) >= 11 is 0. The predicted octanol–water partition coefficient (Wildman–Crippen LogP) is 1.64. The Morgan fingerprint density at radius 2 is 1.82 bits per heavy atom. The van der Waals surface area contributed by atoms with Gasteiger partial charge in [-0.3, -0.25) is 9.59 Å². The molecule has 1 atom stereocenters. The summed E-state index contributed by atoms with van der Waals surface area (Å²) in [5, 5.41) is 1.80. The van der Waals surface area contributed by atoms with Gasteiger partial charge in [0.15, 0.2) is 0 Å². The molecule has 0 aromatic heterocycles. The van der Waals surface area contributed by atoms with E-state index in [0.29, 0.717) is 6.42 Å². The number of amides is 1. The number of esters is 1. The molecule has 0 aliphatic heterocycles. The average molecular weight is 255 g/mol. The van der Waals surface area contributed by atoms with Crippen molar-refractivity contribution in [2.75, 3.05) is 6.61 Å². The summed E-state index contributed by atoms with van der Waals surface area (Å²) in [6.45, 7) is 4.48. The van der Waals surface area contributed by atoms with Gasteiger partial charge in [-0.15, -0.1) is 0 Å². The van der Waals surface area contributed by atoms with Crippen LogP contribution >= 0.6 is 0 Å². The van der Waals surface area contributed by atoms with Crippen molar-refractivity contribution in [1.82, 2.24) is 5.32 Å². The molecule has 0 aliphatic rings. The predicted molar refractivity (Wildman–Crippen MR) is 54.1 cm³/mol. The second-order valence-corrected chi connectivity index (χ2v) is 4.10. The highest BCUT2D eigenvalue weighted by Crippen LogP contribution is 2.15. The van der Waals surface area contributed by atoms with Crippen LogP contribution in [0, 0.1) is 5.92 Å². The Morgan fingerprint density at radius 1 is 1.29 bits per heavy atom. The van der Waals surface area contributed by atoms with Crippen LogP contribution in [0.15, 0.2) is 0 Å². The fourth-order valence-electron chi connectivity index (χ4n) is 1.22. The van der Waals surface area contributed by atoms with Gasteiger partial charge in [-0.2, -0.15) is 13.2 Å². The van der Waals surface area contributed by atoms with Crippen molar-refractivity contribution in [1.29, 1.82) is 0 Å². The second-order valence-electron chi connectivity index (χ2n) is 4.10. The van der Waals surface area contributed by atoms with Crippen molar-refractivity contribution in [3.63, 3.8) is 0 Å². The quantitative estimate of drug-likeness (QED) is 0.760. The number of carbonyl (C=O) groups excluding carboxylic acids is 2. The van der Waals surface area contributed by atoms with E-state index in [9.17, 15) is 22.8 Å². The van der Waals surface area contributed by atoms with Gasteiger partial charge in [0.2, 0.25) is 0 Å². The summed E-state index contributed by atoms with van der Waals surface area (Å²) in [5.41, 5.74) is 0. The minimum absolute atomic E-state index is 0.0732. The maximum atomic E-state index is 12.0. The first-order valence-corrected chi connectivity index (χ1v) is 5.14. The van der Waals surface area contributed by atoms with E-state index < -0.39 is 24.1 Å². The number of halogens is 3. The number of alkyl halides is 3. The number of ether oxygens (including phenoxy) is 1. The molecule has 4 nitrogen and oxygen atoms in total.